The predicted molar refractivity (Wildman–Crippen MR) is 502 cm³/mol. The zero-order valence-electron chi connectivity index (χ0n) is 45.3. The van der Waals surface area contributed by atoms with Crippen molar-refractivity contribution in [3.05, 3.63) is 114 Å². The highest BCUT2D eigenvalue weighted by Crippen LogP contribution is 2.63. The SMILES string of the molecule is Cc1cc(I)c(-c2sc3c(sc4c5sc(-c6sc(C)cc6I)c(Br)c5sc34)c2Br)s1.Cc1csc(-c2sc3c(sc4c5sc(-c6scc(C)c6Br)c(Br)c5sc34)c2Br)c1Br.Cc1csc(-c2sc3c(sc4c5sc(-c6scc(C)c6I)c(I)c5sc34)c2I)c1I. The summed E-state index contributed by atoms with van der Waals surface area (Å²) >= 11 is 73.1. The van der Waals surface area contributed by atoms with Crippen molar-refractivity contribution < 1.29 is 0 Å². The van der Waals surface area contributed by atoms with E-state index in [0.29, 0.717) is 0 Å². The summed E-state index contributed by atoms with van der Waals surface area (Å²) in [6.07, 6.45) is 0. The minimum absolute atomic E-state index is 1.22. The Morgan fingerprint density at radius 2 is 0.467 bits per heavy atom. The zero-order valence-corrected chi connectivity index (χ0v) is 82.5. The average Bonchev–Trinajstić information content (AvgIpc) is 1.58. The lowest BCUT2D eigenvalue weighted by Gasteiger charge is -1.97. The summed E-state index contributed by atoms with van der Waals surface area (Å²) < 4.78 is 41.7. The Kier molecular flexibility index (Phi) is 20.4. The van der Waals surface area contributed by atoms with Gasteiger partial charge in [-0.25, -0.2) is 0 Å². The normalized spacial score (nSPS) is 12.3. The van der Waals surface area contributed by atoms with Crippen molar-refractivity contribution in [1.29, 1.82) is 0 Å². The maximum atomic E-state index is 3.95. The third-order valence-electron chi connectivity index (χ3n) is 14.4. The van der Waals surface area contributed by atoms with E-state index in [1.165, 1.54) is 223 Å². The monoisotopic (exact) mass is 2550 g/mol. The Morgan fingerprint density at radius 1 is 0.222 bits per heavy atom. The number of aryl methyl sites for hydroxylation is 6. The van der Waals surface area contributed by atoms with Crippen LogP contribution in [0.4, 0.5) is 0 Å². The second-order valence-electron chi connectivity index (χ2n) is 20.3. The quantitative estimate of drug-likeness (QED) is 0.146. The van der Waals surface area contributed by atoms with Gasteiger partial charge in [0.25, 0.3) is 0 Å². The molecule has 0 saturated heterocycles. The predicted octanol–water partition coefficient (Wildman–Crippen LogP) is 36.6. The van der Waals surface area contributed by atoms with Crippen LogP contribution in [0, 0.1) is 63.0 Å². The Balaban J connectivity index is 0.000000108. The van der Waals surface area contributed by atoms with E-state index in [2.05, 4.69) is 306 Å². The molecule has 0 aliphatic rings. The van der Waals surface area contributed by atoms with Gasteiger partial charge in [-0.1, -0.05) is 0 Å². The van der Waals surface area contributed by atoms with E-state index in [-0.39, 0.29) is 0 Å². The molecule has 0 unspecified atom stereocenters. The van der Waals surface area contributed by atoms with Crippen molar-refractivity contribution in [2.24, 2.45) is 0 Å². The minimum Gasteiger partial charge on any atom is -0.141 e. The lowest BCUT2D eigenvalue weighted by molar-refractivity contribution is 1.51. The Hall–Kier alpha value is 4.20. The largest absolute Gasteiger partial charge is 0.141 e. The third-order valence-corrected chi connectivity index (χ3v) is 55.8. The molecular weight excluding hydrogens is 2540 g/mol. The van der Waals surface area contributed by atoms with E-state index in [1.54, 1.807) is 0 Å². The molecule has 0 aliphatic carbocycles. The van der Waals surface area contributed by atoms with E-state index in [1.807, 2.05) is 204 Å². The van der Waals surface area contributed by atoms with Crippen LogP contribution in [0.2, 0.25) is 0 Å². The van der Waals surface area contributed by atoms with Crippen molar-refractivity contribution in [2.45, 2.75) is 41.5 Å². The molecule has 18 heterocycles. The van der Waals surface area contributed by atoms with Gasteiger partial charge in [0.1, 0.15) is 0 Å². The van der Waals surface area contributed by atoms with Gasteiger partial charge in [0, 0.05) is 33.0 Å². The summed E-state index contributed by atoms with van der Waals surface area (Å²) in [4.78, 5) is 19.4. The van der Waals surface area contributed by atoms with E-state index in [0.717, 1.165) is 0 Å². The fourth-order valence-electron chi connectivity index (χ4n) is 10.1. The first-order valence-corrected chi connectivity index (χ1v) is 52.0. The van der Waals surface area contributed by atoms with Gasteiger partial charge >= 0.3 is 0 Å². The van der Waals surface area contributed by atoms with Crippen molar-refractivity contribution in [3.8, 4) is 58.5 Å². The lowest BCUT2D eigenvalue weighted by Crippen LogP contribution is -1.75. The molecule has 0 bridgehead atoms. The van der Waals surface area contributed by atoms with Gasteiger partial charge in [0.15, 0.2) is 0 Å². The molecule has 90 heavy (non-hydrogen) atoms. The highest BCUT2D eigenvalue weighted by molar-refractivity contribution is 14.1. The number of halogens is 12. The Labute approximate surface area is 719 Å². The zero-order chi connectivity index (χ0) is 62.7. The summed E-state index contributed by atoms with van der Waals surface area (Å²) in [6.45, 7) is 13.1. The van der Waals surface area contributed by atoms with E-state index < -0.39 is 0 Å². The number of fused-ring (bicyclic) bond motifs is 15. The maximum absolute atomic E-state index is 3.95. The van der Waals surface area contributed by atoms with E-state index in [9.17, 15) is 0 Å². The fourth-order valence-corrected chi connectivity index (χ4v) is 48.4. The molecule has 18 rings (SSSR count). The van der Waals surface area contributed by atoms with Gasteiger partial charge in [0.2, 0.25) is 0 Å². The van der Waals surface area contributed by atoms with Crippen LogP contribution < -0.4 is 0 Å². The summed E-state index contributed by atoms with van der Waals surface area (Å²) in [5, 5.41) is 9.02. The summed E-state index contributed by atoms with van der Waals surface area (Å²) in [5.41, 5.74) is 5.38. The number of rotatable bonds is 6. The summed E-state index contributed by atoms with van der Waals surface area (Å²) in [6, 6.07) is 4.56. The second kappa shape index (κ2) is 26.7. The van der Waals surface area contributed by atoms with Crippen LogP contribution >= 0.6 is 435 Å². The van der Waals surface area contributed by atoms with Gasteiger partial charge in [-0.2, -0.15) is 0 Å². The van der Waals surface area contributed by atoms with Gasteiger partial charge < -0.3 is 0 Å². The van der Waals surface area contributed by atoms with Crippen molar-refractivity contribution >= 4 is 520 Å². The van der Waals surface area contributed by atoms with Crippen LogP contribution in [-0.2, 0) is 0 Å². The molecule has 0 spiro atoms. The molecule has 30 heteroatoms. The molecule has 0 atom stereocenters. The Bertz CT molecular complexity index is 5190. The molecule has 18 aromatic rings. The van der Waals surface area contributed by atoms with Gasteiger partial charge in [-0.15, -0.1) is 204 Å². The molecule has 0 aliphatic heterocycles. The minimum atomic E-state index is 1.22. The smallest absolute Gasteiger partial charge is 0.0651 e. The van der Waals surface area contributed by atoms with Gasteiger partial charge in [-0.05, 0) is 329 Å². The van der Waals surface area contributed by atoms with Gasteiger partial charge in [0.05, 0.1) is 168 Å². The molecule has 0 saturated carbocycles. The number of hydrogen-bond acceptors (Lipinski definition) is 18. The van der Waals surface area contributed by atoms with Crippen LogP contribution in [0.15, 0.2) is 60.5 Å². The first-order chi connectivity index (χ1) is 43.1. The molecule has 18 aromatic heterocycles. The van der Waals surface area contributed by atoms with Crippen molar-refractivity contribution in [1.82, 2.24) is 0 Å². The van der Waals surface area contributed by atoms with Crippen molar-refractivity contribution in [3.63, 3.8) is 0 Å². The Morgan fingerprint density at radius 3 is 0.722 bits per heavy atom. The average molecular weight is 2560 g/mol. The summed E-state index contributed by atoms with van der Waals surface area (Å²) in [5.74, 6) is 0. The van der Waals surface area contributed by atoms with Crippen LogP contribution in [0.1, 0.15) is 32.0 Å². The molecule has 0 nitrogen and oxygen atoms in total. The van der Waals surface area contributed by atoms with E-state index >= 15 is 0 Å². The van der Waals surface area contributed by atoms with Crippen molar-refractivity contribution in [2.75, 3.05) is 0 Å². The maximum Gasteiger partial charge on any atom is 0.0651 e. The number of hydrogen-bond donors (Lipinski definition) is 0. The standard InChI is InChI=1S/C20H8Br4S6.C20H8Br2I2S6.C20H8I4S6/c1-5-3-25-11(7(5)21)13-9(23)15-17(27-13)19-20(29-15)18-16(30-19)10(24)14(28-18)12-8(22)6(2)4-26-12;1-5-3-7(23)11(25-5)13-9(21)15-17(27-13)19-20(29-15)18-16(30-19)10(22)14(28-18)12-8(24)4-6(2)26-12;1-5-3-25-11(7(5)21)13-9(23)15-17(27-13)19-20(29-15)18-16(30-19)10(24)14(28-18)12-8(22)6(2)4-26-12/h3*3-4H,1-2H3. The highest BCUT2D eigenvalue weighted by atomic mass is 127. The fraction of sp³-hybridized carbons (Fsp3) is 0.100. The van der Waals surface area contributed by atoms with Crippen LogP contribution in [0.25, 0.3) is 143 Å². The van der Waals surface area contributed by atoms with Crippen LogP contribution in [0.3, 0.4) is 0 Å². The molecule has 0 amide bonds. The van der Waals surface area contributed by atoms with Gasteiger partial charge in [-0.3, -0.25) is 0 Å². The molecule has 0 radical (unpaired) electrons. The highest BCUT2D eigenvalue weighted by Gasteiger charge is 2.30. The second-order valence-corrected chi connectivity index (χ2v) is 50.0. The third kappa shape index (κ3) is 11.3. The summed E-state index contributed by atoms with van der Waals surface area (Å²) in [7, 11) is 0. The molecular formula is C60H24Br6I6S18. The molecule has 0 aromatic carbocycles. The molecule has 0 N–H and O–H groups in total. The molecule has 0 fully saturated rings. The van der Waals surface area contributed by atoms with E-state index in [4.69, 9.17) is 0 Å². The number of thiophene rings is 18. The first-order valence-electron chi connectivity index (χ1n) is 25.8. The first kappa shape index (κ1) is 68.6. The topological polar surface area (TPSA) is 0 Å². The van der Waals surface area contributed by atoms with Crippen LogP contribution in [0.5, 0.6) is 0 Å². The lowest BCUT2D eigenvalue weighted by atomic mass is 10.3. The molecule has 456 valence electrons. The van der Waals surface area contributed by atoms with Crippen LogP contribution in [-0.4, -0.2) is 0 Å².